The molecule has 0 bridgehead atoms. The summed E-state index contributed by atoms with van der Waals surface area (Å²) in [4.78, 5) is 11.7. The minimum atomic E-state index is -0.516. The molecule has 90 valence electrons. The van der Waals surface area contributed by atoms with Crippen LogP contribution in [0.1, 0.15) is 18.4 Å². The second kappa shape index (κ2) is 5.64. The van der Waals surface area contributed by atoms with Crippen molar-refractivity contribution in [1.82, 2.24) is 0 Å². The highest BCUT2D eigenvalue weighted by Crippen LogP contribution is 2.20. The van der Waals surface area contributed by atoms with Gasteiger partial charge in [-0.15, -0.1) is 0 Å². The molecule has 0 heterocycles. The van der Waals surface area contributed by atoms with Gasteiger partial charge >= 0.3 is 5.97 Å². The molecule has 3 heteroatoms. The fourth-order valence-corrected chi connectivity index (χ4v) is 1.91. The van der Waals surface area contributed by atoms with E-state index in [1.54, 1.807) is 6.08 Å². The van der Waals surface area contributed by atoms with Gasteiger partial charge in [0.15, 0.2) is 0 Å². The number of hydrogen-bond acceptors (Lipinski definition) is 3. The zero-order valence-corrected chi connectivity index (χ0v) is 9.58. The highest BCUT2D eigenvalue weighted by atomic mass is 16.5. The van der Waals surface area contributed by atoms with Crippen molar-refractivity contribution in [2.45, 2.75) is 25.6 Å². The van der Waals surface area contributed by atoms with Crippen molar-refractivity contribution in [2.24, 2.45) is 5.92 Å². The van der Waals surface area contributed by atoms with Gasteiger partial charge in [0.25, 0.3) is 0 Å². The summed E-state index contributed by atoms with van der Waals surface area (Å²) in [5, 5.41) is 9.42. The molecule has 0 aliphatic heterocycles. The molecular formula is C14H16O3. The monoisotopic (exact) mass is 232 g/mol. The Kier molecular flexibility index (Phi) is 3.94. The van der Waals surface area contributed by atoms with Gasteiger partial charge in [0.1, 0.15) is 6.61 Å². The summed E-state index contributed by atoms with van der Waals surface area (Å²) in [5.41, 5.74) is 0.979. The number of rotatable bonds is 3. The van der Waals surface area contributed by atoms with Gasteiger partial charge in [-0.2, -0.15) is 0 Å². The Hall–Kier alpha value is -1.61. The van der Waals surface area contributed by atoms with Gasteiger partial charge in [0, 0.05) is 0 Å². The van der Waals surface area contributed by atoms with Crippen molar-refractivity contribution in [3.8, 4) is 0 Å². The summed E-state index contributed by atoms with van der Waals surface area (Å²) >= 11 is 0. The zero-order valence-electron chi connectivity index (χ0n) is 9.58. The van der Waals surface area contributed by atoms with Crippen LogP contribution in [0.25, 0.3) is 0 Å². The average Bonchev–Trinajstić information content (AvgIpc) is 2.37. The Morgan fingerprint density at radius 1 is 1.35 bits per heavy atom. The lowest BCUT2D eigenvalue weighted by atomic mass is 9.93. The second-order valence-corrected chi connectivity index (χ2v) is 4.26. The van der Waals surface area contributed by atoms with E-state index >= 15 is 0 Å². The maximum absolute atomic E-state index is 11.7. The summed E-state index contributed by atoms with van der Waals surface area (Å²) in [5.74, 6) is -0.434. The Balaban J connectivity index is 1.84. The fourth-order valence-electron chi connectivity index (χ4n) is 1.91. The lowest BCUT2D eigenvalue weighted by molar-refractivity contribution is -0.150. The quantitative estimate of drug-likeness (QED) is 0.641. The molecule has 0 unspecified atom stereocenters. The number of carbonyl (C=O) groups excluding carboxylic acids is 1. The van der Waals surface area contributed by atoms with Gasteiger partial charge in [-0.05, 0) is 18.4 Å². The molecule has 0 radical (unpaired) electrons. The smallest absolute Gasteiger partial charge is 0.309 e. The van der Waals surface area contributed by atoms with Crippen LogP contribution in [0, 0.1) is 5.92 Å². The number of ether oxygens (including phenoxy) is 1. The minimum absolute atomic E-state index is 0.210. The van der Waals surface area contributed by atoms with Gasteiger partial charge in [-0.25, -0.2) is 0 Å². The molecule has 2 atom stereocenters. The van der Waals surface area contributed by atoms with Crippen LogP contribution >= 0.6 is 0 Å². The predicted molar refractivity (Wildman–Crippen MR) is 64.1 cm³/mol. The van der Waals surface area contributed by atoms with Crippen LogP contribution in [0.5, 0.6) is 0 Å². The molecule has 0 spiro atoms. The molecule has 3 nitrogen and oxygen atoms in total. The molecule has 1 aliphatic carbocycles. The predicted octanol–water partition coefficient (Wildman–Crippen LogP) is 2.06. The van der Waals surface area contributed by atoms with Crippen molar-refractivity contribution < 1.29 is 14.6 Å². The summed E-state index contributed by atoms with van der Waals surface area (Å²) in [7, 11) is 0. The van der Waals surface area contributed by atoms with E-state index in [9.17, 15) is 9.90 Å². The summed E-state index contributed by atoms with van der Waals surface area (Å²) in [6.07, 6.45) is 4.16. The number of esters is 1. The van der Waals surface area contributed by atoms with Crippen LogP contribution < -0.4 is 0 Å². The van der Waals surface area contributed by atoms with Crippen LogP contribution in [-0.4, -0.2) is 17.2 Å². The lowest BCUT2D eigenvalue weighted by Crippen LogP contribution is -2.24. The van der Waals surface area contributed by atoms with Crippen molar-refractivity contribution >= 4 is 5.97 Å². The highest BCUT2D eigenvalue weighted by molar-refractivity contribution is 5.73. The number of aliphatic hydroxyl groups is 1. The standard InChI is InChI=1S/C14H16O3/c15-13-8-4-7-12(9-13)14(16)17-10-11-5-2-1-3-6-11/h1-6,8,12-13,15H,7,9-10H2/t12-,13+/m1/s1. The third kappa shape index (κ3) is 3.43. The number of allylic oxidation sites excluding steroid dienone is 1. The first kappa shape index (κ1) is 11.9. The van der Waals surface area contributed by atoms with E-state index in [2.05, 4.69) is 0 Å². The molecule has 0 aromatic heterocycles. The SMILES string of the molecule is O=C(OCc1ccccc1)[C@@H]1CC=C[C@H](O)C1. The topological polar surface area (TPSA) is 46.5 Å². The average molecular weight is 232 g/mol. The third-order valence-electron chi connectivity index (χ3n) is 2.86. The number of benzene rings is 1. The van der Waals surface area contributed by atoms with Crippen LogP contribution in [-0.2, 0) is 16.1 Å². The molecule has 1 aromatic rings. The van der Waals surface area contributed by atoms with Crippen LogP contribution in [0.2, 0.25) is 0 Å². The van der Waals surface area contributed by atoms with E-state index in [0.717, 1.165) is 5.56 Å². The maximum Gasteiger partial charge on any atom is 0.309 e. The van der Waals surface area contributed by atoms with Gasteiger partial charge < -0.3 is 9.84 Å². The Morgan fingerprint density at radius 2 is 2.12 bits per heavy atom. The van der Waals surface area contributed by atoms with Crippen LogP contribution in [0.3, 0.4) is 0 Å². The minimum Gasteiger partial charge on any atom is -0.461 e. The maximum atomic E-state index is 11.7. The molecule has 1 aromatic carbocycles. The van der Waals surface area contributed by atoms with Gasteiger partial charge in [-0.1, -0.05) is 42.5 Å². The lowest BCUT2D eigenvalue weighted by Gasteiger charge is -2.19. The first-order valence-corrected chi connectivity index (χ1v) is 5.81. The number of aliphatic hydroxyl groups excluding tert-OH is 1. The van der Waals surface area contributed by atoms with E-state index in [1.165, 1.54) is 0 Å². The van der Waals surface area contributed by atoms with E-state index < -0.39 is 6.10 Å². The second-order valence-electron chi connectivity index (χ2n) is 4.26. The molecular weight excluding hydrogens is 216 g/mol. The Bertz CT molecular complexity index is 397. The van der Waals surface area contributed by atoms with Gasteiger partial charge in [0.05, 0.1) is 12.0 Å². The number of carbonyl (C=O) groups is 1. The molecule has 1 aliphatic rings. The molecule has 2 rings (SSSR count). The van der Waals surface area contributed by atoms with E-state index in [1.807, 2.05) is 36.4 Å². The first-order chi connectivity index (χ1) is 8.25. The number of hydrogen-bond donors (Lipinski definition) is 1. The summed E-state index contributed by atoms with van der Waals surface area (Å²) in [6, 6.07) is 9.59. The third-order valence-corrected chi connectivity index (χ3v) is 2.86. The fraction of sp³-hybridized carbons (Fsp3) is 0.357. The summed E-state index contributed by atoms with van der Waals surface area (Å²) < 4.78 is 5.23. The van der Waals surface area contributed by atoms with Crippen molar-refractivity contribution in [1.29, 1.82) is 0 Å². The largest absolute Gasteiger partial charge is 0.461 e. The van der Waals surface area contributed by atoms with Gasteiger partial charge in [0.2, 0.25) is 0 Å². The van der Waals surface area contributed by atoms with Gasteiger partial charge in [-0.3, -0.25) is 4.79 Å². The normalized spacial score (nSPS) is 23.4. The molecule has 0 saturated heterocycles. The van der Waals surface area contributed by atoms with E-state index in [4.69, 9.17) is 4.74 Å². The summed E-state index contributed by atoms with van der Waals surface area (Å²) in [6.45, 7) is 0.302. The Morgan fingerprint density at radius 3 is 2.82 bits per heavy atom. The molecule has 17 heavy (non-hydrogen) atoms. The molecule has 0 fully saturated rings. The van der Waals surface area contributed by atoms with Crippen LogP contribution in [0.4, 0.5) is 0 Å². The van der Waals surface area contributed by atoms with Crippen molar-refractivity contribution in [3.63, 3.8) is 0 Å². The molecule has 0 amide bonds. The van der Waals surface area contributed by atoms with Crippen molar-refractivity contribution in [2.75, 3.05) is 0 Å². The van der Waals surface area contributed by atoms with Crippen LogP contribution in [0.15, 0.2) is 42.5 Å². The first-order valence-electron chi connectivity index (χ1n) is 5.81. The van der Waals surface area contributed by atoms with Crippen molar-refractivity contribution in [3.05, 3.63) is 48.0 Å². The Labute approximate surface area is 101 Å². The van der Waals surface area contributed by atoms with E-state index in [-0.39, 0.29) is 11.9 Å². The molecule has 1 N–H and O–H groups in total. The van der Waals surface area contributed by atoms with E-state index in [0.29, 0.717) is 19.4 Å². The molecule has 0 saturated carbocycles. The zero-order chi connectivity index (χ0) is 12.1. The highest BCUT2D eigenvalue weighted by Gasteiger charge is 2.24.